The molecule has 24 heavy (non-hydrogen) atoms. The van der Waals surface area contributed by atoms with Crippen molar-refractivity contribution in [2.45, 2.75) is 13.1 Å². The molecule has 0 bridgehead atoms. The van der Waals surface area contributed by atoms with Crippen LogP contribution in [0.1, 0.15) is 27.8 Å². The summed E-state index contributed by atoms with van der Waals surface area (Å²) in [4.78, 5) is 19.4. The van der Waals surface area contributed by atoms with Gasteiger partial charge in [0.25, 0.3) is 5.91 Å². The highest BCUT2D eigenvalue weighted by Crippen LogP contribution is 2.35. The monoisotopic (exact) mass is 315 g/mol. The topological polar surface area (TPSA) is 45.2 Å². The van der Waals surface area contributed by atoms with Gasteiger partial charge in [0, 0.05) is 17.6 Å². The number of aromatic nitrogens is 1. The first kappa shape index (κ1) is 14.5. The second kappa shape index (κ2) is 5.81. The van der Waals surface area contributed by atoms with Gasteiger partial charge in [0.05, 0.1) is 11.3 Å². The number of hydrogen-bond donors (Lipinski definition) is 1. The van der Waals surface area contributed by atoms with E-state index in [1.807, 2.05) is 73.7 Å². The van der Waals surface area contributed by atoms with Crippen LogP contribution >= 0.6 is 0 Å². The van der Waals surface area contributed by atoms with Crippen LogP contribution in [0.5, 0.6) is 0 Å². The van der Waals surface area contributed by atoms with Gasteiger partial charge in [-0.25, -0.2) is 0 Å². The Morgan fingerprint density at radius 1 is 0.958 bits per heavy atom. The van der Waals surface area contributed by atoms with Crippen LogP contribution < -0.4 is 10.2 Å². The fraction of sp³-hybridized carbons (Fsp3) is 0.100. The van der Waals surface area contributed by atoms with E-state index in [0.717, 1.165) is 22.6 Å². The van der Waals surface area contributed by atoms with E-state index >= 15 is 0 Å². The standard InChI is InChI=1S/C20H17N3O/c1-14-9-11-15(12-10-14)23-19(18-8-4-5-13-21-18)22-17-7-3-2-6-16(17)20(23)24/h2-13,19,22H,1H3/t19-/m0/s1. The molecule has 1 N–H and O–H groups in total. The van der Waals surface area contributed by atoms with Crippen molar-refractivity contribution in [2.24, 2.45) is 0 Å². The van der Waals surface area contributed by atoms with Gasteiger partial charge in [-0.05, 0) is 43.3 Å². The van der Waals surface area contributed by atoms with E-state index in [1.165, 1.54) is 0 Å². The molecule has 1 aliphatic heterocycles. The summed E-state index contributed by atoms with van der Waals surface area (Å²) in [6, 6.07) is 21.3. The van der Waals surface area contributed by atoms with Crippen LogP contribution in [0.15, 0.2) is 72.9 Å². The highest BCUT2D eigenvalue weighted by Gasteiger charge is 2.34. The van der Waals surface area contributed by atoms with Gasteiger partial charge in [0.2, 0.25) is 0 Å². The molecule has 4 rings (SSSR count). The third-order valence-corrected chi connectivity index (χ3v) is 4.21. The summed E-state index contributed by atoms with van der Waals surface area (Å²) < 4.78 is 0. The van der Waals surface area contributed by atoms with Gasteiger partial charge in [0.15, 0.2) is 6.17 Å². The highest BCUT2D eigenvalue weighted by atomic mass is 16.2. The number of rotatable bonds is 2. The summed E-state index contributed by atoms with van der Waals surface area (Å²) in [6.45, 7) is 2.03. The van der Waals surface area contributed by atoms with E-state index in [1.54, 1.807) is 11.1 Å². The second-order valence-electron chi connectivity index (χ2n) is 5.86. The van der Waals surface area contributed by atoms with Gasteiger partial charge in [-0.15, -0.1) is 0 Å². The Morgan fingerprint density at radius 2 is 1.71 bits per heavy atom. The number of benzene rings is 2. The summed E-state index contributed by atoms with van der Waals surface area (Å²) in [5.41, 5.74) is 4.32. The summed E-state index contributed by atoms with van der Waals surface area (Å²) in [5.74, 6) is -0.0242. The molecule has 0 radical (unpaired) electrons. The third-order valence-electron chi connectivity index (χ3n) is 4.21. The molecule has 0 aliphatic carbocycles. The van der Waals surface area contributed by atoms with E-state index in [-0.39, 0.29) is 12.1 Å². The lowest BCUT2D eigenvalue weighted by Gasteiger charge is -2.37. The average Bonchev–Trinajstić information content (AvgIpc) is 2.63. The molecule has 1 atom stereocenters. The van der Waals surface area contributed by atoms with E-state index in [4.69, 9.17) is 0 Å². The number of amides is 1. The van der Waals surface area contributed by atoms with E-state index in [0.29, 0.717) is 5.56 Å². The maximum atomic E-state index is 13.1. The summed E-state index contributed by atoms with van der Waals surface area (Å²) in [7, 11) is 0. The SMILES string of the molecule is Cc1ccc(N2C(=O)c3ccccc3N[C@@H]2c2ccccn2)cc1. The molecule has 4 heteroatoms. The van der Waals surface area contributed by atoms with Gasteiger partial charge < -0.3 is 5.32 Å². The minimum absolute atomic E-state index is 0.0242. The largest absolute Gasteiger partial charge is 0.359 e. The number of aryl methyl sites for hydroxylation is 1. The number of pyridine rings is 1. The van der Waals surface area contributed by atoms with Crippen molar-refractivity contribution in [3.63, 3.8) is 0 Å². The molecule has 2 heterocycles. The van der Waals surface area contributed by atoms with Crippen molar-refractivity contribution in [1.29, 1.82) is 0 Å². The Labute approximate surface area is 140 Å². The first-order valence-corrected chi connectivity index (χ1v) is 7.91. The van der Waals surface area contributed by atoms with Crippen LogP contribution in [0.2, 0.25) is 0 Å². The Morgan fingerprint density at radius 3 is 2.46 bits per heavy atom. The fourth-order valence-electron chi connectivity index (χ4n) is 2.97. The van der Waals surface area contributed by atoms with E-state index in [9.17, 15) is 4.79 Å². The van der Waals surface area contributed by atoms with Crippen LogP contribution in [0.4, 0.5) is 11.4 Å². The maximum absolute atomic E-state index is 13.1. The van der Waals surface area contributed by atoms with Crippen molar-refractivity contribution in [3.8, 4) is 0 Å². The van der Waals surface area contributed by atoms with Crippen LogP contribution in [0.25, 0.3) is 0 Å². The van der Waals surface area contributed by atoms with Gasteiger partial charge in [-0.1, -0.05) is 35.9 Å². The van der Waals surface area contributed by atoms with Crippen LogP contribution in [0, 0.1) is 6.92 Å². The van der Waals surface area contributed by atoms with Crippen molar-refractivity contribution in [3.05, 3.63) is 89.7 Å². The molecule has 4 nitrogen and oxygen atoms in total. The van der Waals surface area contributed by atoms with Gasteiger partial charge in [0.1, 0.15) is 0 Å². The number of nitrogens with one attached hydrogen (secondary N) is 1. The number of carbonyl (C=O) groups excluding carboxylic acids is 1. The lowest BCUT2D eigenvalue weighted by molar-refractivity contribution is 0.0974. The van der Waals surface area contributed by atoms with Gasteiger partial charge >= 0.3 is 0 Å². The van der Waals surface area contributed by atoms with E-state index in [2.05, 4.69) is 10.3 Å². The summed E-state index contributed by atoms with van der Waals surface area (Å²) in [5, 5.41) is 3.45. The number of para-hydroxylation sites is 1. The summed E-state index contributed by atoms with van der Waals surface area (Å²) in [6.07, 6.45) is 1.41. The Bertz CT molecular complexity index is 875. The number of carbonyl (C=O) groups is 1. The first-order chi connectivity index (χ1) is 11.7. The Hall–Kier alpha value is -3.14. The zero-order valence-corrected chi connectivity index (χ0v) is 13.3. The second-order valence-corrected chi connectivity index (χ2v) is 5.86. The molecule has 0 fully saturated rings. The highest BCUT2D eigenvalue weighted by molar-refractivity contribution is 6.12. The van der Waals surface area contributed by atoms with Crippen molar-refractivity contribution in [1.82, 2.24) is 4.98 Å². The predicted octanol–water partition coefficient (Wildman–Crippen LogP) is 4.16. The molecule has 1 aromatic heterocycles. The predicted molar refractivity (Wildman–Crippen MR) is 95.0 cm³/mol. The average molecular weight is 315 g/mol. The Kier molecular flexibility index (Phi) is 3.50. The molecule has 3 aromatic rings. The van der Waals surface area contributed by atoms with Crippen molar-refractivity contribution < 1.29 is 4.79 Å². The molecule has 2 aromatic carbocycles. The molecular formula is C20H17N3O. The fourth-order valence-corrected chi connectivity index (χ4v) is 2.97. The van der Waals surface area contributed by atoms with Gasteiger partial charge in [-0.3, -0.25) is 14.7 Å². The number of anilines is 2. The third kappa shape index (κ3) is 2.42. The summed E-state index contributed by atoms with van der Waals surface area (Å²) >= 11 is 0. The van der Waals surface area contributed by atoms with E-state index < -0.39 is 0 Å². The Balaban J connectivity index is 1.86. The van der Waals surface area contributed by atoms with Crippen LogP contribution in [0.3, 0.4) is 0 Å². The lowest BCUT2D eigenvalue weighted by atomic mass is 10.0. The number of nitrogens with zero attached hydrogens (tertiary/aromatic N) is 2. The van der Waals surface area contributed by atoms with Crippen molar-refractivity contribution in [2.75, 3.05) is 10.2 Å². The molecule has 1 aliphatic rings. The smallest absolute Gasteiger partial charge is 0.262 e. The normalized spacial score (nSPS) is 16.5. The minimum Gasteiger partial charge on any atom is -0.359 e. The zero-order chi connectivity index (χ0) is 16.5. The molecule has 0 saturated heterocycles. The number of fused-ring (bicyclic) bond motifs is 1. The molecule has 118 valence electrons. The maximum Gasteiger partial charge on any atom is 0.262 e. The molecule has 1 amide bonds. The molecule has 0 spiro atoms. The van der Waals surface area contributed by atoms with Crippen LogP contribution in [-0.4, -0.2) is 10.9 Å². The van der Waals surface area contributed by atoms with Gasteiger partial charge in [-0.2, -0.15) is 0 Å². The zero-order valence-electron chi connectivity index (χ0n) is 13.3. The number of hydrogen-bond acceptors (Lipinski definition) is 3. The lowest BCUT2D eigenvalue weighted by Crippen LogP contribution is -2.43. The molecule has 0 saturated carbocycles. The molecular weight excluding hydrogens is 298 g/mol. The minimum atomic E-state index is -0.337. The van der Waals surface area contributed by atoms with Crippen molar-refractivity contribution >= 4 is 17.3 Å². The van der Waals surface area contributed by atoms with Crippen LogP contribution in [-0.2, 0) is 0 Å². The molecule has 0 unspecified atom stereocenters. The quantitative estimate of drug-likeness (QED) is 0.772. The first-order valence-electron chi connectivity index (χ1n) is 7.91.